The number of rotatable bonds is 3. The Kier molecular flexibility index (Phi) is 3.08. The first-order chi connectivity index (χ1) is 6.82. The second kappa shape index (κ2) is 3.84. The van der Waals surface area contributed by atoms with Gasteiger partial charge in [-0.15, -0.1) is 0 Å². The topological polar surface area (TPSA) is 37.3 Å². The molecule has 0 spiro atoms. The quantitative estimate of drug-likeness (QED) is 0.771. The van der Waals surface area contributed by atoms with E-state index in [-0.39, 0.29) is 5.41 Å². The van der Waals surface area contributed by atoms with Crippen molar-refractivity contribution in [2.24, 2.45) is 10.8 Å². The number of aliphatic carboxylic acids is 1. The molecule has 0 aromatic carbocycles. The molecule has 1 aliphatic rings. The van der Waals surface area contributed by atoms with Crippen LogP contribution in [-0.4, -0.2) is 11.1 Å². The Bertz CT molecular complexity index is 323. The van der Waals surface area contributed by atoms with E-state index in [2.05, 4.69) is 26.0 Å². The highest BCUT2D eigenvalue weighted by Crippen LogP contribution is 2.38. The minimum atomic E-state index is -0.772. The lowest BCUT2D eigenvalue weighted by Gasteiger charge is -2.30. The summed E-state index contributed by atoms with van der Waals surface area (Å²) in [5, 5.41) is 9.11. The van der Waals surface area contributed by atoms with E-state index in [0.29, 0.717) is 0 Å². The molecule has 0 radical (unpaired) electrons. The number of hydrogen-bond acceptors (Lipinski definition) is 1. The Morgan fingerprint density at radius 1 is 1.60 bits per heavy atom. The van der Waals surface area contributed by atoms with Crippen molar-refractivity contribution in [2.75, 3.05) is 0 Å². The minimum absolute atomic E-state index is 0.206. The number of carboxylic acids is 1. The van der Waals surface area contributed by atoms with E-state index in [0.717, 1.165) is 18.4 Å². The minimum Gasteiger partial charge on any atom is -0.481 e. The molecule has 0 saturated carbocycles. The van der Waals surface area contributed by atoms with Crippen LogP contribution in [0.5, 0.6) is 0 Å². The van der Waals surface area contributed by atoms with E-state index in [1.165, 1.54) is 0 Å². The van der Waals surface area contributed by atoms with E-state index in [9.17, 15) is 4.79 Å². The molecule has 2 nitrogen and oxygen atoms in total. The average molecular weight is 208 g/mol. The average Bonchev–Trinajstić information content (AvgIpc) is 2.18. The fraction of sp³-hybridized carbons (Fsp3) is 0.615. The SMILES string of the molecule is CCC1(C)C=CC(C(C)(C)C(=O)O)=CC1. The first kappa shape index (κ1) is 12.0. The lowest BCUT2D eigenvalue weighted by atomic mass is 9.74. The molecule has 0 amide bonds. The van der Waals surface area contributed by atoms with Gasteiger partial charge in [0.1, 0.15) is 0 Å². The Morgan fingerprint density at radius 3 is 2.53 bits per heavy atom. The largest absolute Gasteiger partial charge is 0.481 e. The van der Waals surface area contributed by atoms with Crippen LogP contribution in [0.15, 0.2) is 23.8 Å². The summed E-state index contributed by atoms with van der Waals surface area (Å²) in [5.74, 6) is -0.765. The standard InChI is InChI=1S/C13H20O2/c1-5-13(4)8-6-10(7-9-13)12(2,3)11(14)15/h6-8H,5,9H2,1-4H3,(H,14,15). The Balaban J connectivity index is 2.88. The van der Waals surface area contributed by atoms with Gasteiger partial charge in [-0.3, -0.25) is 4.79 Å². The third-order valence-electron chi connectivity index (χ3n) is 3.52. The lowest BCUT2D eigenvalue weighted by Crippen LogP contribution is -2.27. The second-order valence-electron chi connectivity index (χ2n) is 5.13. The van der Waals surface area contributed by atoms with Crippen molar-refractivity contribution < 1.29 is 9.90 Å². The summed E-state index contributed by atoms with van der Waals surface area (Å²) in [5.41, 5.74) is 0.352. The van der Waals surface area contributed by atoms with Crippen molar-refractivity contribution in [1.82, 2.24) is 0 Å². The van der Waals surface area contributed by atoms with E-state index in [1.807, 2.05) is 6.08 Å². The van der Waals surface area contributed by atoms with Crippen molar-refractivity contribution in [3.63, 3.8) is 0 Å². The fourth-order valence-corrected chi connectivity index (χ4v) is 1.62. The van der Waals surface area contributed by atoms with Crippen LogP contribution in [0.2, 0.25) is 0 Å². The molecule has 0 aromatic rings. The van der Waals surface area contributed by atoms with Crippen LogP contribution < -0.4 is 0 Å². The zero-order valence-electron chi connectivity index (χ0n) is 10.0. The Hall–Kier alpha value is -1.05. The highest BCUT2D eigenvalue weighted by molar-refractivity contribution is 5.78. The van der Waals surface area contributed by atoms with Gasteiger partial charge >= 0.3 is 5.97 Å². The predicted molar refractivity (Wildman–Crippen MR) is 61.7 cm³/mol. The van der Waals surface area contributed by atoms with Crippen LogP contribution in [0.25, 0.3) is 0 Å². The van der Waals surface area contributed by atoms with Crippen molar-refractivity contribution in [1.29, 1.82) is 0 Å². The van der Waals surface area contributed by atoms with Crippen LogP contribution in [0.1, 0.15) is 40.5 Å². The van der Waals surface area contributed by atoms with Crippen LogP contribution in [0, 0.1) is 10.8 Å². The fourth-order valence-electron chi connectivity index (χ4n) is 1.62. The molecule has 1 aliphatic carbocycles. The van der Waals surface area contributed by atoms with Crippen molar-refractivity contribution in [3.8, 4) is 0 Å². The molecule has 84 valence electrons. The highest BCUT2D eigenvalue weighted by atomic mass is 16.4. The first-order valence-corrected chi connectivity index (χ1v) is 5.45. The van der Waals surface area contributed by atoms with Gasteiger partial charge in [-0.2, -0.15) is 0 Å². The molecule has 0 aromatic heterocycles. The van der Waals surface area contributed by atoms with E-state index in [1.54, 1.807) is 13.8 Å². The lowest BCUT2D eigenvalue weighted by molar-refractivity contribution is -0.144. The summed E-state index contributed by atoms with van der Waals surface area (Å²) >= 11 is 0. The molecule has 0 bridgehead atoms. The molecular weight excluding hydrogens is 188 g/mol. The van der Waals surface area contributed by atoms with Crippen LogP contribution in [0.4, 0.5) is 0 Å². The maximum Gasteiger partial charge on any atom is 0.313 e. The van der Waals surface area contributed by atoms with Crippen LogP contribution in [0.3, 0.4) is 0 Å². The number of carbonyl (C=O) groups is 1. The Labute approximate surface area is 91.7 Å². The van der Waals surface area contributed by atoms with Gasteiger partial charge < -0.3 is 5.11 Å². The summed E-state index contributed by atoms with van der Waals surface area (Å²) < 4.78 is 0. The number of hydrogen-bond donors (Lipinski definition) is 1. The summed E-state index contributed by atoms with van der Waals surface area (Å²) in [6.07, 6.45) is 8.21. The summed E-state index contributed by atoms with van der Waals surface area (Å²) in [6.45, 7) is 7.86. The molecule has 0 saturated heterocycles. The van der Waals surface area contributed by atoms with Gasteiger partial charge in [0.05, 0.1) is 5.41 Å². The summed E-state index contributed by atoms with van der Waals surface area (Å²) in [7, 11) is 0. The maximum absolute atomic E-state index is 11.1. The van der Waals surface area contributed by atoms with E-state index < -0.39 is 11.4 Å². The number of allylic oxidation sites excluding steroid dienone is 3. The van der Waals surface area contributed by atoms with Gasteiger partial charge in [-0.25, -0.2) is 0 Å². The van der Waals surface area contributed by atoms with Crippen LogP contribution >= 0.6 is 0 Å². The van der Waals surface area contributed by atoms with Crippen molar-refractivity contribution >= 4 is 5.97 Å². The van der Waals surface area contributed by atoms with Gasteiger partial charge in [-0.05, 0) is 37.7 Å². The zero-order valence-corrected chi connectivity index (χ0v) is 10.0. The zero-order chi connectivity index (χ0) is 11.7. The molecule has 1 atom stereocenters. The molecule has 1 unspecified atom stereocenters. The molecule has 0 fully saturated rings. The summed E-state index contributed by atoms with van der Waals surface area (Å²) in [6, 6.07) is 0. The monoisotopic (exact) mass is 208 g/mol. The van der Waals surface area contributed by atoms with Gasteiger partial charge in [0.15, 0.2) is 0 Å². The van der Waals surface area contributed by atoms with E-state index >= 15 is 0 Å². The molecule has 1 rings (SSSR count). The van der Waals surface area contributed by atoms with Gasteiger partial charge in [-0.1, -0.05) is 32.1 Å². The third kappa shape index (κ3) is 2.31. The Morgan fingerprint density at radius 2 is 2.20 bits per heavy atom. The molecular formula is C13H20O2. The van der Waals surface area contributed by atoms with Gasteiger partial charge in [0.25, 0.3) is 0 Å². The van der Waals surface area contributed by atoms with Crippen molar-refractivity contribution in [2.45, 2.75) is 40.5 Å². The molecule has 1 N–H and O–H groups in total. The van der Waals surface area contributed by atoms with E-state index in [4.69, 9.17) is 5.11 Å². The predicted octanol–water partition coefficient (Wildman–Crippen LogP) is 3.40. The number of carboxylic acid groups (broad SMARTS) is 1. The molecule has 15 heavy (non-hydrogen) atoms. The summed E-state index contributed by atoms with van der Waals surface area (Å²) in [4.78, 5) is 11.1. The highest BCUT2D eigenvalue weighted by Gasteiger charge is 2.33. The second-order valence-corrected chi connectivity index (χ2v) is 5.13. The molecule has 0 heterocycles. The van der Waals surface area contributed by atoms with Crippen LogP contribution in [-0.2, 0) is 4.79 Å². The third-order valence-corrected chi connectivity index (χ3v) is 3.52. The normalized spacial score (nSPS) is 26.3. The van der Waals surface area contributed by atoms with Gasteiger partial charge in [0, 0.05) is 0 Å². The molecule has 0 aliphatic heterocycles. The maximum atomic E-state index is 11.1. The molecule has 2 heteroatoms. The first-order valence-electron chi connectivity index (χ1n) is 5.45. The smallest absolute Gasteiger partial charge is 0.313 e. The van der Waals surface area contributed by atoms with Gasteiger partial charge in [0.2, 0.25) is 0 Å². The van der Waals surface area contributed by atoms with Crippen molar-refractivity contribution in [3.05, 3.63) is 23.8 Å².